The minimum atomic E-state index is -0.0200. The summed E-state index contributed by atoms with van der Waals surface area (Å²) >= 11 is 0. The third kappa shape index (κ3) is 4.12. The maximum absolute atomic E-state index is 12.2. The van der Waals surface area contributed by atoms with E-state index in [0.717, 1.165) is 57.2 Å². The van der Waals surface area contributed by atoms with Crippen LogP contribution in [0.1, 0.15) is 49.3 Å². The monoisotopic (exact) mass is 353 g/mol. The van der Waals surface area contributed by atoms with Gasteiger partial charge in [0.25, 0.3) is 5.56 Å². The molecule has 0 aromatic carbocycles. The summed E-state index contributed by atoms with van der Waals surface area (Å²) < 4.78 is 0. The lowest BCUT2D eigenvalue weighted by Gasteiger charge is -2.32. The number of aromatic amines is 1. The van der Waals surface area contributed by atoms with E-state index in [9.17, 15) is 4.79 Å². The van der Waals surface area contributed by atoms with Crippen molar-refractivity contribution < 1.29 is 0 Å². The van der Waals surface area contributed by atoms with Crippen LogP contribution in [0, 0.1) is 0 Å². The van der Waals surface area contributed by atoms with E-state index in [4.69, 9.17) is 4.98 Å². The third-order valence-electron chi connectivity index (χ3n) is 5.54. The first-order valence-electron chi connectivity index (χ1n) is 9.75. The first-order chi connectivity index (χ1) is 12.8. The summed E-state index contributed by atoms with van der Waals surface area (Å²) in [4.78, 5) is 28.8. The fourth-order valence-electron chi connectivity index (χ4n) is 4.06. The van der Waals surface area contributed by atoms with Crippen LogP contribution >= 0.6 is 0 Å². The van der Waals surface area contributed by atoms with Crippen LogP contribution in [0.15, 0.2) is 35.4 Å². The van der Waals surface area contributed by atoms with Gasteiger partial charge in [0, 0.05) is 44.0 Å². The lowest BCUT2D eigenvalue weighted by atomic mass is 9.93. The number of hydrogen-bond donors (Lipinski definition) is 1. The molecule has 2 aromatic rings. The molecular weight excluding hydrogens is 326 g/mol. The number of likely N-dealkylation sites (tertiary alicyclic amines) is 1. The molecule has 1 N–H and O–H groups in total. The van der Waals surface area contributed by atoms with Gasteiger partial charge in [-0.05, 0) is 56.8 Å². The number of aromatic nitrogens is 3. The van der Waals surface area contributed by atoms with Gasteiger partial charge in [0.05, 0.1) is 5.69 Å². The maximum Gasteiger partial charge on any atom is 0.252 e. The first kappa shape index (κ1) is 17.2. The van der Waals surface area contributed by atoms with Crippen molar-refractivity contribution in [2.24, 2.45) is 0 Å². The Labute approximate surface area is 154 Å². The molecule has 6 nitrogen and oxygen atoms in total. The number of nitrogens with one attached hydrogen (secondary N) is 1. The Bertz CT molecular complexity index is 761. The van der Waals surface area contributed by atoms with Crippen molar-refractivity contribution in [1.82, 2.24) is 19.9 Å². The highest BCUT2D eigenvalue weighted by Gasteiger charge is 2.23. The molecule has 0 aliphatic carbocycles. The Kier molecular flexibility index (Phi) is 5.29. The van der Waals surface area contributed by atoms with Crippen molar-refractivity contribution >= 4 is 5.95 Å². The summed E-state index contributed by atoms with van der Waals surface area (Å²) in [6.07, 6.45) is 9.49. The molecule has 4 rings (SSSR count). The van der Waals surface area contributed by atoms with E-state index in [1.165, 1.54) is 24.8 Å². The topological polar surface area (TPSA) is 65.1 Å². The zero-order valence-corrected chi connectivity index (χ0v) is 15.2. The Hall–Kier alpha value is -2.21. The average Bonchev–Trinajstić information content (AvgIpc) is 2.70. The molecular formula is C20H27N5O. The molecule has 4 heterocycles. The van der Waals surface area contributed by atoms with Crippen molar-refractivity contribution in [2.45, 2.75) is 44.6 Å². The summed E-state index contributed by atoms with van der Waals surface area (Å²) in [6.45, 7) is 5.01. The lowest BCUT2D eigenvalue weighted by molar-refractivity contribution is 0.203. The number of piperidine rings is 2. The van der Waals surface area contributed by atoms with Gasteiger partial charge in [-0.1, -0.05) is 6.07 Å². The van der Waals surface area contributed by atoms with Crippen LogP contribution in [0.5, 0.6) is 0 Å². The molecule has 2 aliphatic rings. The van der Waals surface area contributed by atoms with E-state index in [-0.39, 0.29) is 5.56 Å². The van der Waals surface area contributed by atoms with Gasteiger partial charge >= 0.3 is 0 Å². The van der Waals surface area contributed by atoms with Gasteiger partial charge in [-0.25, -0.2) is 4.98 Å². The van der Waals surface area contributed by atoms with E-state index in [1.807, 2.05) is 18.5 Å². The van der Waals surface area contributed by atoms with Crippen molar-refractivity contribution in [3.05, 3.63) is 52.2 Å². The Morgan fingerprint density at radius 1 is 1.12 bits per heavy atom. The SMILES string of the molecule is O=c1cc(C2CCN(Cc3cccnc3)CC2)nc(N2CCCCC2)[nH]1. The molecule has 0 atom stereocenters. The molecule has 0 amide bonds. The van der Waals surface area contributed by atoms with Gasteiger partial charge in [-0.2, -0.15) is 0 Å². The van der Waals surface area contributed by atoms with Crippen molar-refractivity contribution in [3.63, 3.8) is 0 Å². The fraction of sp³-hybridized carbons (Fsp3) is 0.550. The number of rotatable bonds is 4. The van der Waals surface area contributed by atoms with Crippen LogP contribution in [0.4, 0.5) is 5.95 Å². The largest absolute Gasteiger partial charge is 0.342 e. The highest BCUT2D eigenvalue weighted by Crippen LogP contribution is 2.28. The highest BCUT2D eigenvalue weighted by atomic mass is 16.1. The maximum atomic E-state index is 12.2. The van der Waals surface area contributed by atoms with Crippen molar-refractivity contribution in [3.8, 4) is 0 Å². The molecule has 0 spiro atoms. The van der Waals surface area contributed by atoms with Crippen LogP contribution in [-0.4, -0.2) is 46.0 Å². The minimum Gasteiger partial charge on any atom is -0.342 e. The van der Waals surface area contributed by atoms with Gasteiger partial charge in [-0.3, -0.25) is 19.7 Å². The first-order valence-corrected chi connectivity index (χ1v) is 9.75. The Morgan fingerprint density at radius 3 is 2.65 bits per heavy atom. The number of nitrogens with zero attached hydrogens (tertiary/aromatic N) is 4. The fourth-order valence-corrected chi connectivity index (χ4v) is 4.06. The van der Waals surface area contributed by atoms with E-state index in [2.05, 4.69) is 25.8 Å². The molecule has 0 saturated carbocycles. The van der Waals surface area contributed by atoms with Crippen LogP contribution in [0.25, 0.3) is 0 Å². The van der Waals surface area contributed by atoms with Crippen molar-refractivity contribution in [1.29, 1.82) is 0 Å². The zero-order valence-electron chi connectivity index (χ0n) is 15.2. The summed E-state index contributed by atoms with van der Waals surface area (Å²) in [7, 11) is 0. The zero-order chi connectivity index (χ0) is 17.8. The summed E-state index contributed by atoms with van der Waals surface area (Å²) in [5, 5.41) is 0. The normalized spacial score (nSPS) is 19.6. The van der Waals surface area contributed by atoms with Crippen LogP contribution < -0.4 is 10.5 Å². The lowest BCUT2D eigenvalue weighted by Crippen LogP contribution is -2.35. The van der Waals surface area contributed by atoms with Crippen LogP contribution in [0.3, 0.4) is 0 Å². The van der Waals surface area contributed by atoms with E-state index >= 15 is 0 Å². The third-order valence-corrected chi connectivity index (χ3v) is 5.54. The number of hydrogen-bond acceptors (Lipinski definition) is 5. The van der Waals surface area contributed by atoms with Crippen molar-refractivity contribution in [2.75, 3.05) is 31.1 Å². The quantitative estimate of drug-likeness (QED) is 0.915. The smallest absolute Gasteiger partial charge is 0.252 e. The highest BCUT2D eigenvalue weighted by molar-refractivity contribution is 5.31. The number of H-pyrrole nitrogens is 1. The van der Waals surface area contributed by atoms with E-state index < -0.39 is 0 Å². The molecule has 2 aliphatic heterocycles. The van der Waals surface area contributed by atoms with Gasteiger partial charge < -0.3 is 4.90 Å². The molecule has 2 aromatic heterocycles. The van der Waals surface area contributed by atoms with Gasteiger partial charge in [0.2, 0.25) is 5.95 Å². The molecule has 6 heteroatoms. The molecule has 0 unspecified atom stereocenters. The molecule has 2 fully saturated rings. The predicted octanol–water partition coefficient (Wildman–Crippen LogP) is 2.53. The van der Waals surface area contributed by atoms with E-state index in [0.29, 0.717) is 5.92 Å². The second kappa shape index (κ2) is 7.99. The van der Waals surface area contributed by atoms with Gasteiger partial charge in [0.15, 0.2) is 0 Å². The molecule has 138 valence electrons. The number of pyridine rings is 1. The summed E-state index contributed by atoms with van der Waals surface area (Å²) in [5.41, 5.74) is 2.20. The molecule has 0 bridgehead atoms. The standard InChI is InChI=1S/C20H27N5O/c26-19-13-18(22-20(23-19)25-9-2-1-3-10-25)17-6-11-24(12-7-17)15-16-5-4-8-21-14-16/h4-5,8,13-14,17H,1-3,6-7,9-12,15H2,(H,22,23,26). The predicted molar refractivity (Wildman–Crippen MR) is 102 cm³/mol. The summed E-state index contributed by atoms with van der Waals surface area (Å²) in [6, 6.07) is 5.82. The van der Waals surface area contributed by atoms with Crippen LogP contribution in [0.2, 0.25) is 0 Å². The summed E-state index contributed by atoms with van der Waals surface area (Å²) in [5.74, 6) is 1.15. The molecule has 26 heavy (non-hydrogen) atoms. The number of anilines is 1. The second-order valence-corrected chi connectivity index (χ2v) is 7.45. The minimum absolute atomic E-state index is 0.0200. The Morgan fingerprint density at radius 2 is 1.92 bits per heavy atom. The van der Waals surface area contributed by atoms with Crippen LogP contribution in [-0.2, 0) is 6.54 Å². The molecule has 0 radical (unpaired) electrons. The molecule has 2 saturated heterocycles. The Balaban J connectivity index is 1.41. The van der Waals surface area contributed by atoms with E-state index in [1.54, 1.807) is 6.07 Å². The second-order valence-electron chi connectivity index (χ2n) is 7.45. The van der Waals surface area contributed by atoms with Gasteiger partial charge in [-0.15, -0.1) is 0 Å². The van der Waals surface area contributed by atoms with Gasteiger partial charge in [0.1, 0.15) is 0 Å². The average molecular weight is 353 g/mol.